The monoisotopic (exact) mass is 399 g/mol. The Morgan fingerprint density at radius 2 is 2.05 bits per heavy atom. The molecule has 0 atom stereocenters. The zero-order chi connectivity index (χ0) is 14.4. The van der Waals surface area contributed by atoms with Crippen LogP contribution in [0.2, 0.25) is 0 Å². The highest BCUT2D eigenvalue weighted by atomic mass is 79.9. The van der Waals surface area contributed by atoms with Crippen LogP contribution >= 0.6 is 31.9 Å². The third-order valence-corrected chi connectivity index (χ3v) is 3.64. The van der Waals surface area contributed by atoms with Gasteiger partial charge in [-0.3, -0.25) is 4.98 Å². The average Bonchev–Trinajstić information content (AvgIpc) is 2.44. The third kappa shape index (κ3) is 4.54. The van der Waals surface area contributed by atoms with Crippen molar-refractivity contribution in [1.29, 1.82) is 0 Å². The van der Waals surface area contributed by atoms with E-state index < -0.39 is 0 Å². The zero-order valence-corrected chi connectivity index (χ0v) is 14.2. The summed E-state index contributed by atoms with van der Waals surface area (Å²) >= 11 is 6.85. The van der Waals surface area contributed by atoms with E-state index in [1.54, 1.807) is 12.4 Å². The second kappa shape index (κ2) is 7.71. The van der Waals surface area contributed by atoms with E-state index in [0.29, 0.717) is 11.6 Å². The van der Waals surface area contributed by atoms with Crippen molar-refractivity contribution < 1.29 is 4.74 Å². The molecule has 1 heterocycles. The molecular weight excluding hydrogens is 386 g/mol. The van der Waals surface area contributed by atoms with Crippen molar-refractivity contribution in [2.45, 2.75) is 19.9 Å². The quantitative estimate of drug-likeness (QED) is 0.734. The lowest BCUT2D eigenvalue weighted by atomic mass is 10.3. The molecule has 1 aromatic heterocycles. The Morgan fingerprint density at radius 1 is 1.20 bits per heavy atom. The van der Waals surface area contributed by atoms with Crippen molar-refractivity contribution >= 4 is 31.9 Å². The highest BCUT2D eigenvalue weighted by Crippen LogP contribution is 2.30. The Bertz CT molecular complexity index is 561. The molecule has 20 heavy (non-hydrogen) atoms. The van der Waals surface area contributed by atoms with Gasteiger partial charge < -0.3 is 10.1 Å². The molecule has 0 bridgehead atoms. The highest BCUT2D eigenvalue weighted by Gasteiger charge is 2.05. The van der Waals surface area contributed by atoms with Crippen molar-refractivity contribution in [1.82, 2.24) is 15.3 Å². The number of ether oxygens (including phenoxy) is 1. The molecule has 0 radical (unpaired) electrons. The number of halogens is 2. The molecular formula is C14H15Br2N3O. The van der Waals surface area contributed by atoms with Crippen molar-refractivity contribution in [3.63, 3.8) is 0 Å². The van der Waals surface area contributed by atoms with Crippen LogP contribution in [0.15, 0.2) is 39.5 Å². The predicted octanol–water partition coefficient (Wildman–Crippen LogP) is 4.29. The standard InChI is InChI=1S/C14H15Br2N3O/c1-2-5-17-7-11-8-19-14(9-18-11)20-13-4-3-10(15)6-12(13)16/h3-4,6,8-9,17H,2,5,7H2,1H3. The van der Waals surface area contributed by atoms with E-state index in [1.165, 1.54) is 0 Å². The minimum absolute atomic E-state index is 0.479. The first-order valence-electron chi connectivity index (χ1n) is 6.33. The van der Waals surface area contributed by atoms with Gasteiger partial charge in [0.2, 0.25) is 5.88 Å². The largest absolute Gasteiger partial charge is 0.436 e. The molecule has 0 saturated heterocycles. The Labute approximate surface area is 135 Å². The molecule has 0 fully saturated rings. The van der Waals surface area contributed by atoms with E-state index in [9.17, 15) is 0 Å². The van der Waals surface area contributed by atoms with Crippen molar-refractivity contribution in [2.24, 2.45) is 0 Å². The molecule has 0 unspecified atom stereocenters. The Kier molecular flexibility index (Phi) is 5.94. The third-order valence-electron chi connectivity index (χ3n) is 2.52. The van der Waals surface area contributed by atoms with Crippen LogP contribution in [0.1, 0.15) is 19.0 Å². The maximum Gasteiger partial charge on any atom is 0.237 e. The topological polar surface area (TPSA) is 47.0 Å². The molecule has 0 amide bonds. The fourth-order valence-electron chi connectivity index (χ4n) is 1.55. The first kappa shape index (κ1) is 15.4. The van der Waals surface area contributed by atoms with Crippen molar-refractivity contribution in [3.8, 4) is 11.6 Å². The summed E-state index contributed by atoms with van der Waals surface area (Å²) < 4.78 is 7.53. The van der Waals surface area contributed by atoms with Crippen LogP contribution < -0.4 is 10.1 Å². The number of benzene rings is 1. The van der Waals surface area contributed by atoms with Crippen molar-refractivity contribution in [3.05, 3.63) is 45.2 Å². The van der Waals surface area contributed by atoms with Gasteiger partial charge in [-0.2, -0.15) is 0 Å². The van der Waals surface area contributed by atoms with E-state index in [4.69, 9.17) is 4.74 Å². The molecule has 2 rings (SSSR count). The molecule has 1 N–H and O–H groups in total. The summed E-state index contributed by atoms with van der Waals surface area (Å²) in [6, 6.07) is 5.70. The smallest absolute Gasteiger partial charge is 0.237 e. The summed E-state index contributed by atoms with van der Waals surface area (Å²) in [6.07, 6.45) is 4.47. The maximum absolute atomic E-state index is 5.68. The SMILES string of the molecule is CCCNCc1cnc(Oc2ccc(Br)cc2Br)cn1. The summed E-state index contributed by atoms with van der Waals surface area (Å²) in [4.78, 5) is 8.58. The van der Waals surface area contributed by atoms with Gasteiger partial charge in [-0.25, -0.2) is 4.98 Å². The van der Waals surface area contributed by atoms with Gasteiger partial charge in [0.15, 0.2) is 0 Å². The molecule has 0 aliphatic heterocycles. The minimum atomic E-state index is 0.479. The van der Waals surface area contributed by atoms with E-state index in [-0.39, 0.29) is 0 Å². The van der Waals surface area contributed by atoms with Crippen LogP contribution in [0.25, 0.3) is 0 Å². The van der Waals surface area contributed by atoms with Gasteiger partial charge in [0.05, 0.1) is 22.6 Å². The molecule has 1 aromatic carbocycles. The second-order valence-electron chi connectivity index (χ2n) is 4.20. The van der Waals surface area contributed by atoms with E-state index in [0.717, 1.165) is 34.1 Å². The van der Waals surface area contributed by atoms with E-state index in [1.807, 2.05) is 18.2 Å². The first-order valence-corrected chi connectivity index (χ1v) is 7.92. The number of nitrogens with one attached hydrogen (secondary N) is 1. The Balaban J connectivity index is 1.99. The fraction of sp³-hybridized carbons (Fsp3) is 0.286. The lowest BCUT2D eigenvalue weighted by Crippen LogP contribution is -2.14. The second-order valence-corrected chi connectivity index (χ2v) is 5.97. The van der Waals surface area contributed by atoms with Crippen LogP contribution in [-0.2, 0) is 6.54 Å². The van der Waals surface area contributed by atoms with Crippen LogP contribution in [0.5, 0.6) is 11.6 Å². The highest BCUT2D eigenvalue weighted by molar-refractivity contribution is 9.11. The number of nitrogens with zero attached hydrogens (tertiary/aromatic N) is 2. The van der Waals surface area contributed by atoms with Gasteiger partial charge in [-0.05, 0) is 47.1 Å². The van der Waals surface area contributed by atoms with Crippen LogP contribution in [-0.4, -0.2) is 16.5 Å². The molecule has 106 valence electrons. The van der Waals surface area contributed by atoms with Gasteiger partial charge in [0.25, 0.3) is 0 Å². The molecule has 2 aromatic rings. The molecule has 0 saturated carbocycles. The molecule has 6 heteroatoms. The van der Waals surface area contributed by atoms with Gasteiger partial charge in [0, 0.05) is 11.0 Å². The Hall–Kier alpha value is -0.980. The van der Waals surface area contributed by atoms with Gasteiger partial charge in [0.1, 0.15) is 5.75 Å². The van der Waals surface area contributed by atoms with Gasteiger partial charge >= 0.3 is 0 Å². The van der Waals surface area contributed by atoms with E-state index >= 15 is 0 Å². The maximum atomic E-state index is 5.68. The number of aromatic nitrogens is 2. The van der Waals surface area contributed by atoms with Crippen molar-refractivity contribution in [2.75, 3.05) is 6.54 Å². The summed E-state index contributed by atoms with van der Waals surface area (Å²) in [5.41, 5.74) is 0.903. The van der Waals surface area contributed by atoms with E-state index in [2.05, 4.69) is 54.1 Å². The fourth-order valence-corrected chi connectivity index (χ4v) is 2.68. The number of hydrogen-bond donors (Lipinski definition) is 1. The van der Waals surface area contributed by atoms with Gasteiger partial charge in [-0.15, -0.1) is 0 Å². The summed E-state index contributed by atoms with van der Waals surface area (Å²) in [7, 11) is 0. The lowest BCUT2D eigenvalue weighted by molar-refractivity contribution is 0.456. The summed E-state index contributed by atoms with van der Waals surface area (Å²) in [6.45, 7) is 3.83. The molecule has 0 spiro atoms. The predicted molar refractivity (Wildman–Crippen MR) is 85.9 cm³/mol. The lowest BCUT2D eigenvalue weighted by Gasteiger charge is -2.07. The first-order chi connectivity index (χ1) is 9.69. The van der Waals surface area contributed by atoms with Gasteiger partial charge in [-0.1, -0.05) is 22.9 Å². The normalized spacial score (nSPS) is 10.6. The summed E-state index contributed by atoms with van der Waals surface area (Å²) in [5.74, 6) is 1.19. The number of rotatable bonds is 6. The van der Waals surface area contributed by atoms with Crippen LogP contribution in [0.3, 0.4) is 0 Å². The molecule has 4 nitrogen and oxygen atoms in total. The minimum Gasteiger partial charge on any atom is -0.436 e. The molecule has 0 aliphatic carbocycles. The average molecular weight is 401 g/mol. The number of hydrogen-bond acceptors (Lipinski definition) is 4. The zero-order valence-electron chi connectivity index (χ0n) is 11.1. The summed E-state index contributed by atoms with van der Waals surface area (Å²) in [5, 5.41) is 3.28. The Morgan fingerprint density at radius 3 is 2.70 bits per heavy atom. The van der Waals surface area contributed by atoms with Crippen LogP contribution in [0, 0.1) is 0 Å². The molecule has 0 aliphatic rings. The van der Waals surface area contributed by atoms with Crippen LogP contribution in [0.4, 0.5) is 0 Å².